The van der Waals surface area contributed by atoms with Crippen LogP contribution in [0.4, 0.5) is 0 Å². The van der Waals surface area contributed by atoms with Gasteiger partial charge in [0.05, 0.1) is 12.1 Å². The molecular formula is C12H24N2O2. The number of nitrogens with two attached hydrogens (primary N) is 1. The molecule has 94 valence electrons. The van der Waals surface area contributed by atoms with Crippen LogP contribution in [0.5, 0.6) is 0 Å². The average Bonchev–Trinajstić information content (AvgIpc) is 2.73. The van der Waals surface area contributed by atoms with E-state index in [4.69, 9.17) is 10.5 Å². The molecule has 1 aliphatic rings. The van der Waals surface area contributed by atoms with Crippen LogP contribution in [0.3, 0.4) is 0 Å². The number of hydrogen-bond acceptors (Lipinski definition) is 3. The number of nitrogens with one attached hydrogen (secondary N) is 1. The third-order valence-corrected chi connectivity index (χ3v) is 3.27. The van der Waals surface area contributed by atoms with E-state index in [-0.39, 0.29) is 18.0 Å². The van der Waals surface area contributed by atoms with Crippen LogP contribution in [0.25, 0.3) is 0 Å². The molecule has 0 aromatic carbocycles. The van der Waals surface area contributed by atoms with Crippen LogP contribution in [0.15, 0.2) is 0 Å². The molecule has 0 aromatic heterocycles. The topological polar surface area (TPSA) is 64.4 Å². The van der Waals surface area contributed by atoms with Crippen LogP contribution in [0.1, 0.15) is 45.4 Å². The van der Waals surface area contributed by atoms with Gasteiger partial charge in [-0.05, 0) is 25.7 Å². The molecule has 0 aliphatic heterocycles. The number of ether oxygens (including phenoxy) is 1. The number of carbonyl (C=O) groups excluding carboxylic acids is 1. The lowest BCUT2D eigenvalue weighted by Gasteiger charge is -2.16. The van der Waals surface area contributed by atoms with Crippen molar-refractivity contribution >= 4 is 5.91 Å². The standard InChI is InChI=1S/C12H24N2O2/c1-3-4-5-11(13)12(15)14-9-6-7-10(8-9)16-2/h9-11H,3-8,13H2,1-2H3,(H,14,15)/t9?,10?,11-/m0/s1. The molecule has 16 heavy (non-hydrogen) atoms. The minimum atomic E-state index is -0.346. The van der Waals surface area contributed by atoms with Crippen LogP contribution in [-0.4, -0.2) is 31.2 Å². The normalized spacial score (nSPS) is 26.7. The Morgan fingerprint density at radius 3 is 2.88 bits per heavy atom. The number of rotatable bonds is 6. The lowest BCUT2D eigenvalue weighted by Crippen LogP contribution is -2.44. The highest BCUT2D eigenvalue weighted by Crippen LogP contribution is 2.21. The molecule has 1 aliphatic carbocycles. The van der Waals surface area contributed by atoms with Gasteiger partial charge in [-0.3, -0.25) is 4.79 Å². The highest BCUT2D eigenvalue weighted by atomic mass is 16.5. The zero-order chi connectivity index (χ0) is 12.0. The van der Waals surface area contributed by atoms with E-state index in [0.717, 1.165) is 38.5 Å². The molecule has 4 nitrogen and oxygen atoms in total. The predicted octanol–water partition coefficient (Wildman–Crippen LogP) is 1.19. The van der Waals surface area contributed by atoms with Gasteiger partial charge < -0.3 is 15.8 Å². The summed E-state index contributed by atoms with van der Waals surface area (Å²) in [6.07, 6.45) is 6.13. The van der Waals surface area contributed by atoms with Gasteiger partial charge in [0.15, 0.2) is 0 Å². The number of amides is 1. The number of carbonyl (C=O) groups is 1. The fourth-order valence-electron chi connectivity index (χ4n) is 2.15. The van der Waals surface area contributed by atoms with Gasteiger partial charge >= 0.3 is 0 Å². The van der Waals surface area contributed by atoms with Crippen molar-refractivity contribution < 1.29 is 9.53 Å². The minimum absolute atomic E-state index is 0.00444. The van der Waals surface area contributed by atoms with Gasteiger partial charge in [0.2, 0.25) is 5.91 Å². The van der Waals surface area contributed by atoms with Crippen molar-refractivity contribution in [2.24, 2.45) is 5.73 Å². The summed E-state index contributed by atoms with van der Waals surface area (Å²) in [5.74, 6) is -0.00444. The van der Waals surface area contributed by atoms with E-state index < -0.39 is 0 Å². The molecule has 0 heterocycles. The first kappa shape index (κ1) is 13.5. The number of unbranched alkanes of at least 4 members (excludes halogenated alkanes) is 1. The minimum Gasteiger partial charge on any atom is -0.381 e. The lowest BCUT2D eigenvalue weighted by molar-refractivity contribution is -0.123. The van der Waals surface area contributed by atoms with Crippen molar-refractivity contribution in [1.82, 2.24) is 5.32 Å². The summed E-state index contributed by atoms with van der Waals surface area (Å²) >= 11 is 0. The van der Waals surface area contributed by atoms with E-state index in [1.165, 1.54) is 0 Å². The predicted molar refractivity (Wildman–Crippen MR) is 64.1 cm³/mol. The third kappa shape index (κ3) is 4.10. The van der Waals surface area contributed by atoms with Crippen molar-refractivity contribution in [3.05, 3.63) is 0 Å². The van der Waals surface area contributed by atoms with Gasteiger partial charge in [-0.2, -0.15) is 0 Å². The van der Waals surface area contributed by atoms with Crippen molar-refractivity contribution in [3.63, 3.8) is 0 Å². The molecule has 0 spiro atoms. The van der Waals surface area contributed by atoms with E-state index >= 15 is 0 Å². The maximum Gasteiger partial charge on any atom is 0.237 e. The first-order chi connectivity index (χ1) is 7.67. The largest absolute Gasteiger partial charge is 0.381 e. The monoisotopic (exact) mass is 228 g/mol. The Balaban J connectivity index is 2.23. The van der Waals surface area contributed by atoms with Crippen LogP contribution in [-0.2, 0) is 9.53 Å². The molecule has 0 saturated heterocycles. The molecule has 4 heteroatoms. The first-order valence-electron chi connectivity index (χ1n) is 6.26. The summed E-state index contributed by atoms with van der Waals surface area (Å²) in [6.45, 7) is 2.10. The van der Waals surface area contributed by atoms with Gasteiger partial charge in [0.1, 0.15) is 0 Å². The molecule has 3 N–H and O–H groups in total. The van der Waals surface area contributed by atoms with E-state index in [2.05, 4.69) is 12.2 Å². The van der Waals surface area contributed by atoms with Crippen molar-refractivity contribution in [2.45, 2.75) is 63.6 Å². The molecule has 1 fully saturated rings. The van der Waals surface area contributed by atoms with Crippen molar-refractivity contribution in [1.29, 1.82) is 0 Å². The van der Waals surface area contributed by atoms with Crippen molar-refractivity contribution in [3.8, 4) is 0 Å². The van der Waals surface area contributed by atoms with E-state index in [9.17, 15) is 4.79 Å². The Morgan fingerprint density at radius 2 is 2.31 bits per heavy atom. The summed E-state index contributed by atoms with van der Waals surface area (Å²) in [5, 5.41) is 3.01. The fraction of sp³-hybridized carbons (Fsp3) is 0.917. The number of hydrogen-bond donors (Lipinski definition) is 2. The molecule has 0 radical (unpaired) electrons. The van der Waals surface area contributed by atoms with E-state index in [0.29, 0.717) is 6.10 Å². The highest BCUT2D eigenvalue weighted by molar-refractivity contribution is 5.81. The Bertz CT molecular complexity index is 221. The van der Waals surface area contributed by atoms with Crippen LogP contribution >= 0.6 is 0 Å². The second kappa shape index (κ2) is 6.86. The quantitative estimate of drug-likeness (QED) is 0.717. The van der Waals surface area contributed by atoms with Gasteiger partial charge in [0, 0.05) is 13.2 Å². The number of methoxy groups -OCH3 is 1. The van der Waals surface area contributed by atoms with Crippen molar-refractivity contribution in [2.75, 3.05) is 7.11 Å². The van der Waals surface area contributed by atoms with Gasteiger partial charge in [0.25, 0.3) is 0 Å². The fourth-order valence-corrected chi connectivity index (χ4v) is 2.15. The summed E-state index contributed by atoms with van der Waals surface area (Å²) in [7, 11) is 1.72. The zero-order valence-electron chi connectivity index (χ0n) is 10.4. The molecule has 0 bridgehead atoms. The second-order valence-corrected chi connectivity index (χ2v) is 4.62. The average molecular weight is 228 g/mol. The third-order valence-electron chi connectivity index (χ3n) is 3.27. The van der Waals surface area contributed by atoms with Crippen LogP contribution in [0, 0.1) is 0 Å². The zero-order valence-corrected chi connectivity index (χ0v) is 10.4. The first-order valence-corrected chi connectivity index (χ1v) is 6.26. The maximum absolute atomic E-state index is 11.7. The highest BCUT2D eigenvalue weighted by Gasteiger charge is 2.26. The maximum atomic E-state index is 11.7. The molecule has 1 rings (SSSR count). The Labute approximate surface area is 97.9 Å². The molecule has 3 atom stereocenters. The van der Waals surface area contributed by atoms with Gasteiger partial charge in [-0.25, -0.2) is 0 Å². The molecule has 1 amide bonds. The van der Waals surface area contributed by atoms with Crippen LogP contribution < -0.4 is 11.1 Å². The van der Waals surface area contributed by atoms with Gasteiger partial charge in [-0.15, -0.1) is 0 Å². The Kier molecular flexibility index (Phi) is 5.77. The van der Waals surface area contributed by atoms with Crippen LogP contribution in [0.2, 0.25) is 0 Å². The van der Waals surface area contributed by atoms with E-state index in [1.54, 1.807) is 7.11 Å². The smallest absolute Gasteiger partial charge is 0.237 e. The summed E-state index contributed by atoms with van der Waals surface area (Å²) in [5.41, 5.74) is 5.81. The Hall–Kier alpha value is -0.610. The molecular weight excluding hydrogens is 204 g/mol. The molecule has 2 unspecified atom stereocenters. The van der Waals surface area contributed by atoms with E-state index in [1.807, 2.05) is 0 Å². The summed E-state index contributed by atoms with van der Waals surface area (Å²) in [6, 6.07) is -0.0910. The Morgan fingerprint density at radius 1 is 1.56 bits per heavy atom. The molecule has 1 saturated carbocycles. The van der Waals surface area contributed by atoms with Gasteiger partial charge in [-0.1, -0.05) is 19.8 Å². The molecule has 0 aromatic rings. The summed E-state index contributed by atoms with van der Waals surface area (Å²) in [4.78, 5) is 11.7. The lowest BCUT2D eigenvalue weighted by atomic mass is 10.1. The second-order valence-electron chi connectivity index (χ2n) is 4.62. The SMILES string of the molecule is CCCC[C@H](N)C(=O)NC1CCC(OC)C1. The summed E-state index contributed by atoms with van der Waals surface area (Å²) < 4.78 is 5.27.